The Balaban J connectivity index is 2.25. The Morgan fingerprint density at radius 2 is 1.61 bits per heavy atom. The SMILES string of the molecule is CC(C)C#CC(C)CC1CCN(CC(C)C)CC1. The van der Waals surface area contributed by atoms with Gasteiger partial charge in [-0.2, -0.15) is 0 Å². The number of nitrogens with zero attached hydrogens (tertiary/aromatic N) is 1. The molecule has 0 bridgehead atoms. The van der Waals surface area contributed by atoms with Gasteiger partial charge in [-0.25, -0.2) is 0 Å². The monoisotopic (exact) mass is 249 g/mol. The molecule has 1 heteroatoms. The van der Waals surface area contributed by atoms with Crippen LogP contribution in [-0.2, 0) is 0 Å². The molecule has 1 atom stereocenters. The molecular weight excluding hydrogens is 218 g/mol. The molecule has 0 spiro atoms. The van der Waals surface area contributed by atoms with Crippen molar-refractivity contribution in [3.05, 3.63) is 0 Å². The lowest BCUT2D eigenvalue weighted by atomic mass is 9.87. The average Bonchev–Trinajstić information content (AvgIpc) is 2.28. The molecule has 0 aromatic heterocycles. The summed E-state index contributed by atoms with van der Waals surface area (Å²) >= 11 is 0. The van der Waals surface area contributed by atoms with Crippen LogP contribution in [0, 0.1) is 35.5 Å². The Kier molecular flexibility index (Phi) is 6.79. The number of rotatable bonds is 4. The largest absolute Gasteiger partial charge is 0.303 e. The summed E-state index contributed by atoms with van der Waals surface area (Å²) in [6.07, 6.45) is 4.05. The van der Waals surface area contributed by atoms with Crippen molar-refractivity contribution < 1.29 is 0 Å². The molecule has 0 amide bonds. The number of hydrogen-bond acceptors (Lipinski definition) is 1. The minimum atomic E-state index is 0.514. The van der Waals surface area contributed by atoms with Crippen LogP contribution in [0.4, 0.5) is 0 Å². The van der Waals surface area contributed by atoms with Gasteiger partial charge in [0.2, 0.25) is 0 Å². The Morgan fingerprint density at radius 3 is 2.11 bits per heavy atom. The maximum Gasteiger partial charge on any atom is 0.0177 e. The summed E-state index contributed by atoms with van der Waals surface area (Å²) in [7, 11) is 0. The predicted octanol–water partition coefficient (Wildman–Crippen LogP) is 4.04. The second kappa shape index (κ2) is 7.85. The van der Waals surface area contributed by atoms with Gasteiger partial charge in [-0.1, -0.05) is 40.5 Å². The van der Waals surface area contributed by atoms with Gasteiger partial charge in [-0.05, 0) is 44.2 Å². The molecule has 0 N–H and O–H groups in total. The molecule has 104 valence electrons. The predicted molar refractivity (Wildman–Crippen MR) is 80.4 cm³/mol. The van der Waals surface area contributed by atoms with Gasteiger partial charge in [0.05, 0.1) is 0 Å². The zero-order chi connectivity index (χ0) is 13.5. The fourth-order valence-corrected chi connectivity index (χ4v) is 2.79. The minimum absolute atomic E-state index is 0.514. The van der Waals surface area contributed by atoms with E-state index in [1.165, 1.54) is 38.9 Å². The van der Waals surface area contributed by atoms with Gasteiger partial charge in [0, 0.05) is 18.4 Å². The highest BCUT2D eigenvalue weighted by atomic mass is 15.1. The van der Waals surface area contributed by atoms with Crippen molar-refractivity contribution in [1.82, 2.24) is 4.90 Å². The van der Waals surface area contributed by atoms with Crippen LogP contribution in [0.1, 0.15) is 53.9 Å². The summed E-state index contributed by atoms with van der Waals surface area (Å²) < 4.78 is 0. The van der Waals surface area contributed by atoms with Crippen molar-refractivity contribution in [3.63, 3.8) is 0 Å². The van der Waals surface area contributed by atoms with Gasteiger partial charge in [0.15, 0.2) is 0 Å². The van der Waals surface area contributed by atoms with E-state index in [0.717, 1.165) is 11.8 Å². The van der Waals surface area contributed by atoms with Crippen LogP contribution in [-0.4, -0.2) is 24.5 Å². The second-order valence-electron chi connectivity index (χ2n) is 6.72. The standard InChI is InChI=1S/C17H31N/c1-14(2)6-7-16(5)12-17-8-10-18(11-9-17)13-15(3)4/h14-17H,8-13H2,1-5H3. The molecule has 1 saturated heterocycles. The molecule has 0 aliphatic carbocycles. The lowest BCUT2D eigenvalue weighted by Crippen LogP contribution is -2.36. The van der Waals surface area contributed by atoms with E-state index in [4.69, 9.17) is 0 Å². The molecule has 18 heavy (non-hydrogen) atoms. The van der Waals surface area contributed by atoms with Crippen LogP contribution < -0.4 is 0 Å². The molecule has 1 aliphatic heterocycles. The topological polar surface area (TPSA) is 3.24 Å². The van der Waals surface area contributed by atoms with Crippen LogP contribution >= 0.6 is 0 Å². The second-order valence-corrected chi connectivity index (χ2v) is 6.72. The first-order valence-electron chi connectivity index (χ1n) is 7.70. The Hall–Kier alpha value is -0.480. The first-order chi connectivity index (χ1) is 8.47. The smallest absolute Gasteiger partial charge is 0.0177 e. The van der Waals surface area contributed by atoms with Crippen LogP contribution in [0.2, 0.25) is 0 Å². The Morgan fingerprint density at radius 1 is 1.00 bits per heavy atom. The summed E-state index contributed by atoms with van der Waals surface area (Å²) in [6, 6.07) is 0. The Bertz CT molecular complexity index is 274. The zero-order valence-corrected chi connectivity index (χ0v) is 13.0. The van der Waals surface area contributed by atoms with Crippen LogP contribution in [0.15, 0.2) is 0 Å². The average molecular weight is 249 g/mol. The molecule has 1 fully saturated rings. The Labute approximate surface area is 114 Å². The van der Waals surface area contributed by atoms with Crippen LogP contribution in [0.25, 0.3) is 0 Å². The van der Waals surface area contributed by atoms with E-state index in [1.807, 2.05) is 0 Å². The number of hydrogen-bond donors (Lipinski definition) is 0. The van der Waals surface area contributed by atoms with E-state index in [-0.39, 0.29) is 0 Å². The first-order valence-corrected chi connectivity index (χ1v) is 7.70. The fraction of sp³-hybridized carbons (Fsp3) is 0.882. The molecular formula is C17H31N. The molecule has 0 radical (unpaired) electrons. The molecule has 1 heterocycles. The summed E-state index contributed by atoms with van der Waals surface area (Å²) in [6.45, 7) is 15.1. The summed E-state index contributed by atoms with van der Waals surface area (Å²) in [5.41, 5.74) is 0. The van der Waals surface area contributed by atoms with E-state index in [9.17, 15) is 0 Å². The van der Waals surface area contributed by atoms with E-state index in [2.05, 4.69) is 51.4 Å². The quantitative estimate of drug-likeness (QED) is 0.680. The van der Waals surface area contributed by atoms with Gasteiger partial charge < -0.3 is 4.90 Å². The van der Waals surface area contributed by atoms with Gasteiger partial charge in [-0.3, -0.25) is 0 Å². The lowest BCUT2D eigenvalue weighted by Gasteiger charge is -2.33. The highest BCUT2D eigenvalue weighted by Crippen LogP contribution is 2.24. The van der Waals surface area contributed by atoms with Crippen molar-refractivity contribution in [2.45, 2.75) is 53.9 Å². The zero-order valence-electron chi connectivity index (χ0n) is 13.0. The van der Waals surface area contributed by atoms with Crippen molar-refractivity contribution in [2.75, 3.05) is 19.6 Å². The van der Waals surface area contributed by atoms with Crippen molar-refractivity contribution in [2.24, 2.45) is 23.7 Å². The molecule has 1 aliphatic rings. The summed E-state index contributed by atoms with van der Waals surface area (Å²) in [5.74, 6) is 9.52. The van der Waals surface area contributed by atoms with Crippen LogP contribution in [0.3, 0.4) is 0 Å². The van der Waals surface area contributed by atoms with Gasteiger partial charge in [0.25, 0.3) is 0 Å². The molecule has 0 aromatic rings. The maximum atomic E-state index is 3.41. The van der Waals surface area contributed by atoms with Gasteiger partial charge in [-0.15, -0.1) is 5.92 Å². The number of piperidine rings is 1. The third kappa shape index (κ3) is 6.45. The summed E-state index contributed by atoms with van der Waals surface area (Å²) in [4.78, 5) is 2.63. The fourth-order valence-electron chi connectivity index (χ4n) is 2.79. The summed E-state index contributed by atoms with van der Waals surface area (Å²) in [5, 5.41) is 0. The third-order valence-corrected chi connectivity index (χ3v) is 3.64. The van der Waals surface area contributed by atoms with Crippen LogP contribution in [0.5, 0.6) is 0 Å². The van der Waals surface area contributed by atoms with Crippen molar-refractivity contribution >= 4 is 0 Å². The highest BCUT2D eigenvalue weighted by molar-refractivity contribution is 5.04. The molecule has 1 nitrogen and oxygen atoms in total. The number of likely N-dealkylation sites (tertiary alicyclic amines) is 1. The highest BCUT2D eigenvalue weighted by Gasteiger charge is 2.20. The maximum absolute atomic E-state index is 3.41. The van der Waals surface area contributed by atoms with E-state index < -0.39 is 0 Å². The van der Waals surface area contributed by atoms with Crippen molar-refractivity contribution in [3.8, 4) is 11.8 Å². The van der Waals surface area contributed by atoms with E-state index in [1.54, 1.807) is 0 Å². The molecule has 0 aromatic carbocycles. The normalized spacial score (nSPS) is 19.9. The van der Waals surface area contributed by atoms with E-state index in [0.29, 0.717) is 11.8 Å². The first kappa shape index (κ1) is 15.6. The lowest BCUT2D eigenvalue weighted by molar-refractivity contribution is 0.159. The van der Waals surface area contributed by atoms with E-state index >= 15 is 0 Å². The minimum Gasteiger partial charge on any atom is -0.303 e. The molecule has 1 unspecified atom stereocenters. The van der Waals surface area contributed by atoms with Gasteiger partial charge >= 0.3 is 0 Å². The van der Waals surface area contributed by atoms with Gasteiger partial charge in [0.1, 0.15) is 0 Å². The van der Waals surface area contributed by atoms with Crippen molar-refractivity contribution in [1.29, 1.82) is 0 Å². The third-order valence-electron chi connectivity index (χ3n) is 3.64. The molecule has 0 saturated carbocycles. The molecule has 1 rings (SSSR count).